The Hall–Kier alpha value is -2.61. The van der Waals surface area contributed by atoms with Crippen molar-refractivity contribution in [2.45, 2.75) is 13.0 Å². The number of hydrogen-bond acceptors (Lipinski definition) is 4. The van der Waals surface area contributed by atoms with Crippen LogP contribution in [0.25, 0.3) is 10.9 Å². The van der Waals surface area contributed by atoms with E-state index in [0.29, 0.717) is 24.6 Å². The van der Waals surface area contributed by atoms with Gasteiger partial charge in [-0.1, -0.05) is 41.6 Å². The van der Waals surface area contributed by atoms with Crippen LogP contribution in [-0.4, -0.2) is 23.6 Å². The van der Waals surface area contributed by atoms with Gasteiger partial charge in [0.05, 0.1) is 12.1 Å². The molecular weight excluding hydrogens is 334 g/mol. The van der Waals surface area contributed by atoms with Gasteiger partial charge in [0.15, 0.2) is 0 Å². The zero-order chi connectivity index (χ0) is 17.5. The molecule has 0 saturated heterocycles. The number of fused-ring (bicyclic) bond motifs is 1. The summed E-state index contributed by atoms with van der Waals surface area (Å²) in [7, 11) is 1.69. The third kappa shape index (κ3) is 4.48. The molecule has 1 N–H and O–H groups in total. The molecule has 0 aliphatic carbocycles. The lowest BCUT2D eigenvalue weighted by Gasteiger charge is -2.06. The quantitative estimate of drug-likeness (QED) is 0.550. The molecule has 0 aliphatic rings. The maximum absolute atomic E-state index is 6.07. The van der Waals surface area contributed by atoms with Crippen LogP contribution < -0.4 is 5.32 Å². The monoisotopic (exact) mass is 351 g/mol. The van der Waals surface area contributed by atoms with E-state index in [-0.39, 0.29) is 0 Å². The second-order valence-corrected chi connectivity index (χ2v) is 5.89. The normalized spacial score (nSPS) is 10.3. The molecule has 126 valence electrons. The predicted octanol–water partition coefficient (Wildman–Crippen LogP) is 4.28. The van der Waals surface area contributed by atoms with Crippen molar-refractivity contribution in [3.8, 4) is 11.8 Å². The molecule has 3 aromatic rings. The summed E-state index contributed by atoms with van der Waals surface area (Å²) in [6.07, 6.45) is 2.25. The van der Waals surface area contributed by atoms with Crippen molar-refractivity contribution in [3.05, 3.63) is 64.9 Å². The van der Waals surface area contributed by atoms with E-state index in [1.54, 1.807) is 13.4 Å². The van der Waals surface area contributed by atoms with Gasteiger partial charge in [0.25, 0.3) is 0 Å². The number of hydrogen-bond donors (Lipinski definition) is 1. The Morgan fingerprint density at radius 1 is 1.16 bits per heavy atom. The Morgan fingerprint density at radius 3 is 2.92 bits per heavy atom. The van der Waals surface area contributed by atoms with Crippen LogP contribution in [0.2, 0.25) is 5.02 Å². The van der Waals surface area contributed by atoms with Crippen LogP contribution in [-0.2, 0) is 11.3 Å². The minimum atomic E-state index is 0.566. The molecule has 2 aromatic carbocycles. The molecule has 0 atom stereocenters. The lowest BCUT2D eigenvalue weighted by atomic mass is 10.1. The van der Waals surface area contributed by atoms with Gasteiger partial charge in [0.1, 0.15) is 12.1 Å². The third-order valence-corrected chi connectivity index (χ3v) is 3.92. The van der Waals surface area contributed by atoms with E-state index in [4.69, 9.17) is 16.3 Å². The highest BCUT2D eigenvalue weighted by Gasteiger charge is 2.03. The zero-order valence-corrected chi connectivity index (χ0v) is 14.7. The topological polar surface area (TPSA) is 47.0 Å². The molecule has 0 saturated carbocycles. The average Bonchev–Trinajstić information content (AvgIpc) is 2.63. The summed E-state index contributed by atoms with van der Waals surface area (Å²) in [5, 5.41) is 4.88. The summed E-state index contributed by atoms with van der Waals surface area (Å²) in [5.74, 6) is 7.17. The Bertz CT molecular complexity index is 931. The van der Waals surface area contributed by atoms with Crippen LogP contribution in [0.3, 0.4) is 0 Å². The number of ether oxygens (including phenoxy) is 1. The summed E-state index contributed by atoms with van der Waals surface area (Å²) in [6.45, 7) is 1.26. The predicted molar refractivity (Wildman–Crippen MR) is 102 cm³/mol. The highest BCUT2D eigenvalue weighted by atomic mass is 35.5. The van der Waals surface area contributed by atoms with Gasteiger partial charge in [-0.3, -0.25) is 0 Å². The van der Waals surface area contributed by atoms with Crippen LogP contribution in [0.15, 0.2) is 48.8 Å². The first-order valence-corrected chi connectivity index (χ1v) is 8.35. The second kappa shape index (κ2) is 8.48. The summed E-state index contributed by atoms with van der Waals surface area (Å²) in [5.41, 5.74) is 2.96. The largest absolute Gasteiger partial charge is 0.380 e. The van der Waals surface area contributed by atoms with Crippen LogP contribution in [0.1, 0.15) is 17.5 Å². The van der Waals surface area contributed by atoms with Crippen LogP contribution >= 0.6 is 11.6 Å². The van der Waals surface area contributed by atoms with Gasteiger partial charge in [-0.2, -0.15) is 0 Å². The number of methoxy groups -OCH3 is 1. The molecule has 4 nitrogen and oxygen atoms in total. The highest BCUT2D eigenvalue weighted by molar-refractivity contribution is 6.31. The van der Waals surface area contributed by atoms with Crippen molar-refractivity contribution in [1.82, 2.24) is 9.97 Å². The van der Waals surface area contributed by atoms with E-state index < -0.39 is 0 Å². The second-order valence-electron chi connectivity index (χ2n) is 5.45. The molecule has 0 spiro atoms. The number of halogens is 1. The number of benzene rings is 2. The maximum atomic E-state index is 6.07. The van der Waals surface area contributed by atoms with Gasteiger partial charge in [-0.15, -0.1) is 0 Å². The molecule has 0 amide bonds. The van der Waals surface area contributed by atoms with Crippen LogP contribution in [0.4, 0.5) is 5.82 Å². The molecule has 5 heteroatoms. The van der Waals surface area contributed by atoms with Gasteiger partial charge >= 0.3 is 0 Å². The van der Waals surface area contributed by atoms with E-state index in [1.165, 1.54) is 0 Å². The number of rotatable bonds is 5. The van der Waals surface area contributed by atoms with E-state index in [2.05, 4.69) is 27.1 Å². The van der Waals surface area contributed by atoms with E-state index >= 15 is 0 Å². The summed E-state index contributed by atoms with van der Waals surface area (Å²) < 4.78 is 5.20. The van der Waals surface area contributed by atoms with Crippen molar-refractivity contribution >= 4 is 28.3 Å². The summed E-state index contributed by atoms with van der Waals surface area (Å²) in [6, 6.07) is 13.6. The van der Waals surface area contributed by atoms with Gasteiger partial charge in [-0.05, 0) is 29.8 Å². The molecule has 3 rings (SSSR count). The molecule has 0 fully saturated rings. The Balaban J connectivity index is 1.64. The van der Waals surface area contributed by atoms with Gasteiger partial charge in [0.2, 0.25) is 0 Å². The fraction of sp³-hybridized carbons (Fsp3) is 0.200. The molecule has 0 bridgehead atoms. The number of anilines is 1. The standard InChI is InChI=1S/C20H18ClN3O/c1-25-13-16-8-3-2-6-15(16)7-4-5-11-22-20-18-12-17(21)9-10-19(18)23-14-24-20/h2-3,6,8-10,12,14H,5,11,13H2,1H3,(H,22,23,24). The Morgan fingerprint density at radius 2 is 2.04 bits per heavy atom. The lowest BCUT2D eigenvalue weighted by Crippen LogP contribution is -2.03. The molecular formula is C20H18ClN3O. The summed E-state index contributed by atoms with van der Waals surface area (Å²) in [4.78, 5) is 8.54. The first-order chi connectivity index (χ1) is 12.3. The first kappa shape index (κ1) is 17.2. The average molecular weight is 352 g/mol. The summed E-state index contributed by atoms with van der Waals surface area (Å²) >= 11 is 6.07. The number of nitrogens with one attached hydrogen (secondary N) is 1. The minimum Gasteiger partial charge on any atom is -0.380 e. The molecule has 1 heterocycles. The van der Waals surface area contributed by atoms with Crippen molar-refractivity contribution < 1.29 is 4.74 Å². The fourth-order valence-electron chi connectivity index (χ4n) is 2.49. The fourth-order valence-corrected chi connectivity index (χ4v) is 2.67. The lowest BCUT2D eigenvalue weighted by molar-refractivity contribution is 0.184. The first-order valence-electron chi connectivity index (χ1n) is 7.98. The molecule has 0 radical (unpaired) electrons. The third-order valence-electron chi connectivity index (χ3n) is 3.68. The highest BCUT2D eigenvalue weighted by Crippen LogP contribution is 2.22. The minimum absolute atomic E-state index is 0.566. The smallest absolute Gasteiger partial charge is 0.137 e. The van der Waals surface area contributed by atoms with E-state index in [0.717, 1.165) is 27.8 Å². The Labute approximate surface area is 152 Å². The van der Waals surface area contributed by atoms with Crippen molar-refractivity contribution in [2.24, 2.45) is 0 Å². The molecule has 25 heavy (non-hydrogen) atoms. The van der Waals surface area contributed by atoms with Crippen molar-refractivity contribution in [2.75, 3.05) is 19.0 Å². The number of aromatic nitrogens is 2. The van der Waals surface area contributed by atoms with Crippen LogP contribution in [0.5, 0.6) is 0 Å². The van der Waals surface area contributed by atoms with Crippen LogP contribution in [0, 0.1) is 11.8 Å². The van der Waals surface area contributed by atoms with E-state index in [9.17, 15) is 0 Å². The maximum Gasteiger partial charge on any atom is 0.137 e. The zero-order valence-electron chi connectivity index (χ0n) is 13.9. The van der Waals surface area contributed by atoms with Gasteiger partial charge in [0, 0.05) is 36.0 Å². The van der Waals surface area contributed by atoms with Crippen molar-refractivity contribution in [1.29, 1.82) is 0 Å². The number of nitrogens with zero attached hydrogens (tertiary/aromatic N) is 2. The molecule has 0 unspecified atom stereocenters. The van der Waals surface area contributed by atoms with Gasteiger partial charge < -0.3 is 10.1 Å². The van der Waals surface area contributed by atoms with Gasteiger partial charge in [-0.25, -0.2) is 9.97 Å². The SMILES string of the molecule is COCc1ccccc1C#CCCNc1ncnc2ccc(Cl)cc12. The van der Waals surface area contributed by atoms with E-state index in [1.807, 2.05) is 42.5 Å². The molecule has 1 aromatic heterocycles. The molecule has 0 aliphatic heterocycles. The Kier molecular flexibility index (Phi) is 5.84. The van der Waals surface area contributed by atoms with Crippen molar-refractivity contribution in [3.63, 3.8) is 0 Å².